The Morgan fingerprint density at radius 1 is 0.875 bits per heavy atom. The van der Waals surface area contributed by atoms with Crippen LogP contribution in [0.5, 0.6) is 5.75 Å². The van der Waals surface area contributed by atoms with Crippen LogP contribution in [-0.4, -0.2) is 17.1 Å². The van der Waals surface area contributed by atoms with Gasteiger partial charge in [0.25, 0.3) is 0 Å². The number of methoxy groups -OCH3 is 1. The summed E-state index contributed by atoms with van der Waals surface area (Å²) in [6, 6.07) is 20.3. The molecule has 4 heteroatoms. The smallest absolute Gasteiger partial charge is 0.124 e. The topological polar surface area (TPSA) is 35.0 Å². The van der Waals surface area contributed by atoms with Gasteiger partial charge in [-0.3, -0.25) is 4.98 Å². The fraction of sp³-hybridized carbons (Fsp3) is 0.100. The number of rotatable bonds is 3. The fourth-order valence-corrected chi connectivity index (χ4v) is 3.69. The Kier molecular flexibility index (Phi) is 3.75. The van der Waals surface area contributed by atoms with Gasteiger partial charge in [-0.1, -0.05) is 30.3 Å². The van der Waals surface area contributed by atoms with E-state index in [4.69, 9.17) is 14.7 Å². The lowest BCUT2D eigenvalue weighted by atomic mass is 10.1. The molecule has 0 aliphatic heterocycles. The molecule has 0 amide bonds. The van der Waals surface area contributed by atoms with E-state index in [9.17, 15) is 0 Å². The molecule has 0 aliphatic rings. The summed E-state index contributed by atoms with van der Waals surface area (Å²) in [5.74, 6) is 0.851. The summed E-state index contributed by atoms with van der Waals surface area (Å²) in [6.45, 7) is 2.05. The molecule has 2 aromatic carbocycles. The van der Waals surface area contributed by atoms with Crippen molar-refractivity contribution in [3.05, 3.63) is 66.4 Å². The van der Waals surface area contributed by atoms with E-state index in [2.05, 4.69) is 18.2 Å². The molecule has 4 aromatic rings. The number of hydrogen-bond donors (Lipinski definition) is 0. The molecule has 0 bridgehead atoms. The summed E-state index contributed by atoms with van der Waals surface area (Å²) in [5, 5.41) is 1.00. The summed E-state index contributed by atoms with van der Waals surface area (Å²) in [4.78, 5) is 9.58. The van der Waals surface area contributed by atoms with Gasteiger partial charge < -0.3 is 4.74 Å². The highest BCUT2D eigenvalue weighted by Crippen LogP contribution is 2.34. The Morgan fingerprint density at radius 3 is 2.33 bits per heavy atom. The summed E-state index contributed by atoms with van der Waals surface area (Å²) in [6.07, 6.45) is 0. The van der Waals surface area contributed by atoms with Gasteiger partial charge in [-0.15, -0.1) is 11.3 Å². The molecule has 0 radical (unpaired) electrons. The van der Waals surface area contributed by atoms with Gasteiger partial charge in [0.05, 0.1) is 28.7 Å². The molecule has 0 saturated carbocycles. The van der Waals surface area contributed by atoms with Crippen molar-refractivity contribution in [2.45, 2.75) is 6.92 Å². The van der Waals surface area contributed by atoms with Crippen LogP contribution in [0.25, 0.3) is 32.0 Å². The number of hydrogen-bond acceptors (Lipinski definition) is 4. The van der Waals surface area contributed by atoms with E-state index >= 15 is 0 Å². The summed E-state index contributed by atoms with van der Waals surface area (Å²) < 4.78 is 6.36. The molecule has 0 spiro atoms. The van der Waals surface area contributed by atoms with Crippen molar-refractivity contribution < 1.29 is 4.74 Å². The van der Waals surface area contributed by atoms with Crippen LogP contribution in [0.15, 0.2) is 60.7 Å². The van der Waals surface area contributed by atoms with Crippen LogP contribution in [0.3, 0.4) is 0 Å². The van der Waals surface area contributed by atoms with Gasteiger partial charge >= 0.3 is 0 Å². The van der Waals surface area contributed by atoms with E-state index in [1.54, 1.807) is 18.4 Å². The molecule has 0 atom stereocenters. The van der Waals surface area contributed by atoms with Crippen LogP contribution in [0, 0.1) is 6.92 Å². The van der Waals surface area contributed by atoms with E-state index in [1.165, 1.54) is 0 Å². The molecule has 0 unspecified atom stereocenters. The van der Waals surface area contributed by atoms with Crippen molar-refractivity contribution in [3.63, 3.8) is 0 Å². The van der Waals surface area contributed by atoms with Crippen LogP contribution in [0.4, 0.5) is 0 Å². The zero-order valence-corrected chi connectivity index (χ0v) is 14.3. The minimum Gasteiger partial charge on any atom is -0.497 e. The average molecular weight is 332 g/mol. The standard InChI is InChI=1S/C20H16N2OS/c1-13-19-18(12-17(21-13)14-6-4-3-5-7-14)22-20(24-19)15-8-10-16(23-2)11-9-15/h3-12H,1-2H3. The molecule has 4 rings (SSSR count). The lowest BCUT2D eigenvalue weighted by Gasteiger charge is -2.02. The van der Waals surface area contributed by atoms with Crippen molar-refractivity contribution in [3.8, 4) is 27.6 Å². The minimum absolute atomic E-state index is 0.851. The average Bonchev–Trinajstić information content (AvgIpc) is 3.07. The van der Waals surface area contributed by atoms with E-state index in [-0.39, 0.29) is 0 Å². The quantitative estimate of drug-likeness (QED) is 0.508. The molecule has 118 valence electrons. The number of fused-ring (bicyclic) bond motifs is 1. The molecule has 0 N–H and O–H groups in total. The number of aryl methyl sites for hydroxylation is 1. The normalized spacial score (nSPS) is 10.9. The fourth-order valence-electron chi connectivity index (χ4n) is 2.70. The Balaban J connectivity index is 1.81. The number of benzene rings is 2. The van der Waals surface area contributed by atoms with Crippen molar-refractivity contribution in [1.82, 2.24) is 9.97 Å². The van der Waals surface area contributed by atoms with Crippen LogP contribution >= 0.6 is 11.3 Å². The largest absolute Gasteiger partial charge is 0.497 e. The number of ether oxygens (including phenoxy) is 1. The second-order valence-electron chi connectivity index (χ2n) is 5.55. The van der Waals surface area contributed by atoms with E-state index in [1.807, 2.05) is 49.4 Å². The summed E-state index contributed by atoms with van der Waals surface area (Å²) >= 11 is 1.68. The zero-order valence-electron chi connectivity index (χ0n) is 13.5. The predicted molar refractivity (Wildman–Crippen MR) is 99.6 cm³/mol. The maximum absolute atomic E-state index is 5.22. The van der Waals surface area contributed by atoms with Gasteiger partial charge in [-0.2, -0.15) is 0 Å². The van der Waals surface area contributed by atoms with Gasteiger partial charge in [0.1, 0.15) is 10.8 Å². The molecule has 3 nitrogen and oxygen atoms in total. The molecule has 24 heavy (non-hydrogen) atoms. The third kappa shape index (κ3) is 2.65. The first-order chi connectivity index (χ1) is 11.7. The molecule has 0 aliphatic carbocycles. The van der Waals surface area contributed by atoms with E-state index < -0.39 is 0 Å². The number of thiazole rings is 1. The maximum Gasteiger partial charge on any atom is 0.124 e. The van der Waals surface area contributed by atoms with Crippen molar-refractivity contribution in [2.75, 3.05) is 7.11 Å². The first-order valence-corrected chi connectivity index (χ1v) is 8.54. The van der Waals surface area contributed by atoms with Gasteiger partial charge in [0.15, 0.2) is 0 Å². The Morgan fingerprint density at radius 2 is 1.62 bits per heavy atom. The molecule has 2 aromatic heterocycles. The van der Waals surface area contributed by atoms with Gasteiger partial charge in [0.2, 0.25) is 0 Å². The van der Waals surface area contributed by atoms with Crippen LogP contribution in [0.2, 0.25) is 0 Å². The van der Waals surface area contributed by atoms with Crippen LogP contribution in [0.1, 0.15) is 5.69 Å². The Labute approximate surface area is 144 Å². The Bertz CT molecular complexity index is 992. The number of nitrogens with zero attached hydrogens (tertiary/aromatic N) is 2. The van der Waals surface area contributed by atoms with Crippen LogP contribution < -0.4 is 4.74 Å². The van der Waals surface area contributed by atoms with Gasteiger partial charge in [0, 0.05) is 11.1 Å². The van der Waals surface area contributed by atoms with E-state index in [0.29, 0.717) is 0 Å². The lowest BCUT2D eigenvalue weighted by molar-refractivity contribution is 0.415. The summed E-state index contributed by atoms with van der Waals surface area (Å²) in [7, 11) is 1.67. The molecular weight excluding hydrogens is 316 g/mol. The first kappa shape index (κ1) is 14.8. The lowest BCUT2D eigenvalue weighted by Crippen LogP contribution is -1.87. The zero-order chi connectivity index (χ0) is 16.5. The second kappa shape index (κ2) is 6.06. The molecule has 0 saturated heterocycles. The number of aromatic nitrogens is 2. The third-order valence-corrected chi connectivity index (χ3v) is 5.18. The summed E-state index contributed by atoms with van der Waals surface area (Å²) in [5.41, 5.74) is 5.19. The van der Waals surface area contributed by atoms with Crippen molar-refractivity contribution >= 4 is 21.6 Å². The van der Waals surface area contributed by atoms with Gasteiger partial charge in [-0.25, -0.2) is 4.98 Å². The third-order valence-electron chi connectivity index (χ3n) is 3.95. The predicted octanol–water partition coefficient (Wildman–Crippen LogP) is 5.34. The Hall–Kier alpha value is -2.72. The second-order valence-corrected chi connectivity index (χ2v) is 6.55. The minimum atomic E-state index is 0.851. The van der Waals surface area contributed by atoms with Crippen molar-refractivity contribution in [1.29, 1.82) is 0 Å². The molecule has 2 heterocycles. The monoisotopic (exact) mass is 332 g/mol. The van der Waals surface area contributed by atoms with Crippen LogP contribution in [-0.2, 0) is 0 Å². The number of pyridine rings is 1. The maximum atomic E-state index is 5.22. The highest BCUT2D eigenvalue weighted by Gasteiger charge is 2.11. The highest BCUT2D eigenvalue weighted by atomic mass is 32.1. The van der Waals surface area contributed by atoms with E-state index in [0.717, 1.165) is 43.5 Å². The first-order valence-electron chi connectivity index (χ1n) is 7.72. The highest BCUT2D eigenvalue weighted by molar-refractivity contribution is 7.21. The SMILES string of the molecule is COc1ccc(-c2nc3cc(-c4ccccc4)nc(C)c3s2)cc1. The van der Waals surface area contributed by atoms with Gasteiger partial charge in [-0.05, 0) is 37.3 Å². The molecular formula is C20H16N2OS. The molecule has 0 fully saturated rings. The van der Waals surface area contributed by atoms with Crippen molar-refractivity contribution in [2.24, 2.45) is 0 Å².